The van der Waals surface area contributed by atoms with Gasteiger partial charge >= 0.3 is 10.2 Å². The van der Waals surface area contributed by atoms with Gasteiger partial charge in [0.2, 0.25) is 0 Å². The van der Waals surface area contributed by atoms with E-state index in [1.807, 2.05) is 0 Å². The summed E-state index contributed by atoms with van der Waals surface area (Å²) in [6.45, 7) is 5.53. The second-order valence-electron chi connectivity index (χ2n) is 8.67. The summed E-state index contributed by atoms with van der Waals surface area (Å²) in [6, 6.07) is 1.27. The molecule has 1 aliphatic carbocycles. The van der Waals surface area contributed by atoms with Gasteiger partial charge < -0.3 is 15.7 Å². The average molecular weight is 427 g/mol. The van der Waals surface area contributed by atoms with Gasteiger partial charge in [0.1, 0.15) is 18.0 Å². The fourth-order valence-corrected chi connectivity index (χ4v) is 5.64. The minimum atomic E-state index is -4.20. The molecule has 1 amide bonds. The number of anilines is 2. The van der Waals surface area contributed by atoms with Crippen LogP contribution in [0.15, 0.2) is 6.07 Å². The lowest BCUT2D eigenvalue weighted by Crippen LogP contribution is -2.39. The molecule has 0 unspecified atom stereocenters. The van der Waals surface area contributed by atoms with Crippen LogP contribution in [0, 0.1) is 23.6 Å². The molecule has 10 heteroatoms. The second kappa shape index (κ2) is 7.32. The fourth-order valence-electron chi connectivity index (χ4n) is 4.48. The maximum Gasteiger partial charge on any atom is 0.326 e. The van der Waals surface area contributed by atoms with Gasteiger partial charge in [-0.2, -0.15) is 8.42 Å². The number of fused-ring (bicyclic) bond motifs is 1. The third kappa shape index (κ3) is 3.75. The first-order valence-corrected chi connectivity index (χ1v) is 11.4. The molecule has 0 spiro atoms. The number of hydrogen-bond donors (Lipinski definition) is 4. The van der Waals surface area contributed by atoms with Crippen LogP contribution in [0.4, 0.5) is 15.8 Å². The molecule has 0 radical (unpaired) electrons. The molecule has 1 aromatic carbocycles. The van der Waals surface area contributed by atoms with E-state index in [0.717, 1.165) is 18.4 Å². The SMILES string of the molecule is CC(C)C1CC(CNC[C@H]2Cc3c(cc(O)c(N4CC(=O)NS4(=O)=O)c3F)N2)C1. The van der Waals surface area contributed by atoms with Crippen LogP contribution in [0.5, 0.6) is 5.75 Å². The van der Waals surface area contributed by atoms with Crippen molar-refractivity contribution in [3.05, 3.63) is 17.4 Å². The van der Waals surface area contributed by atoms with E-state index < -0.39 is 39.9 Å². The van der Waals surface area contributed by atoms with Crippen LogP contribution in [0.2, 0.25) is 0 Å². The molecule has 1 aromatic rings. The number of nitrogens with zero attached hydrogens (tertiary/aromatic N) is 1. The first-order valence-electron chi connectivity index (χ1n) is 10.0. The number of hydrogen-bond acceptors (Lipinski definition) is 6. The number of rotatable bonds is 6. The number of phenolic OH excluding ortho intramolecular Hbond substituents is 1. The van der Waals surface area contributed by atoms with E-state index in [1.165, 1.54) is 18.9 Å². The molecule has 0 aromatic heterocycles. The highest BCUT2D eigenvalue weighted by Gasteiger charge is 2.39. The summed E-state index contributed by atoms with van der Waals surface area (Å²) < 4.78 is 41.5. The van der Waals surface area contributed by atoms with Crippen LogP contribution in [0.3, 0.4) is 0 Å². The Balaban J connectivity index is 1.40. The Morgan fingerprint density at radius 2 is 2.07 bits per heavy atom. The Morgan fingerprint density at radius 3 is 2.69 bits per heavy atom. The Morgan fingerprint density at radius 1 is 1.34 bits per heavy atom. The van der Waals surface area contributed by atoms with E-state index in [0.29, 0.717) is 34.4 Å². The molecule has 4 rings (SSSR count). The molecular weight excluding hydrogens is 399 g/mol. The highest BCUT2D eigenvalue weighted by Crippen LogP contribution is 2.42. The lowest BCUT2D eigenvalue weighted by atomic mass is 9.69. The highest BCUT2D eigenvalue weighted by molar-refractivity contribution is 7.92. The van der Waals surface area contributed by atoms with Crippen molar-refractivity contribution in [2.75, 3.05) is 29.3 Å². The van der Waals surface area contributed by atoms with Gasteiger partial charge in [-0.1, -0.05) is 13.8 Å². The van der Waals surface area contributed by atoms with E-state index in [2.05, 4.69) is 24.5 Å². The van der Waals surface area contributed by atoms with Crippen LogP contribution >= 0.6 is 0 Å². The van der Waals surface area contributed by atoms with Crippen molar-refractivity contribution in [1.82, 2.24) is 10.0 Å². The maximum atomic E-state index is 15.1. The van der Waals surface area contributed by atoms with Crippen LogP contribution in [0.1, 0.15) is 32.3 Å². The summed E-state index contributed by atoms with van der Waals surface area (Å²) >= 11 is 0. The Labute approximate surface area is 170 Å². The lowest BCUT2D eigenvalue weighted by molar-refractivity contribution is -0.117. The monoisotopic (exact) mass is 426 g/mol. The molecule has 0 bridgehead atoms. The van der Waals surface area contributed by atoms with Crippen LogP contribution < -0.4 is 19.7 Å². The lowest BCUT2D eigenvalue weighted by Gasteiger charge is -2.38. The van der Waals surface area contributed by atoms with Crippen molar-refractivity contribution in [3.63, 3.8) is 0 Å². The summed E-state index contributed by atoms with van der Waals surface area (Å²) in [4.78, 5) is 11.5. The number of aromatic hydroxyl groups is 1. The molecule has 3 aliphatic rings. The molecule has 1 saturated heterocycles. The zero-order valence-corrected chi connectivity index (χ0v) is 17.4. The zero-order chi connectivity index (χ0) is 20.9. The Hall–Kier alpha value is -2.07. The molecular formula is C19H27FN4O4S. The first-order chi connectivity index (χ1) is 13.7. The second-order valence-corrected chi connectivity index (χ2v) is 10.3. The van der Waals surface area contributed by atoms with Gasteiger partial charge in [0, 0.05) is 29.9 Å². The van der Waals surface area contributed by atoms with Crippen molar-refractivity contribution in [1.29, 1.82) is 0 Å². The summed E-state index contributed by atoms with van der Waals surface area (Å²) in [5.74, 6) is 0.135. The van der Waals surface area contributed by atoms with Gasteiger partial charge in [-0.05, 0) is 43.6 Å². The number of phenols is 1. The van der Waals surface area contributed by atoms with E-state index in [9.17, 15) is 18.3 Å². The molecule has 1 saturated carbocycles. The van der Waals surface area contributed by atoms with Gasteiger partial charge in [-0.3, -0.25) is 4.79 Å². The minimum Gasteiger partial charge on any atom is -0.506 e. The van der Waals surface area contributed by atoms with Crippen LogP contribution in [-0.4, -0.2) is 45.1 Å². The van der Waals surface area contributed by atoms with Gasteiger partial charge in [0.05, 0.1) is 0 Å². The van der Waals surface area contributed by atoms with Crippen molar-refractivity contribution in [2.45, 2.75) is 39.2 Å². The standard InChI is InChI=1S/C19H27FN4O4S/c1-10(2)12-3-11(4-12)7-21-8-13-5-14-15(22-13)6-16(25)19(18(14)20)24-9-17(26)23-29(24,27)28/h6,10-13,21-22,25H,3-5,7-9H2,1-2H3,(H,23,26)/t11?,12?,13-/m1/s1. The number of carbonyl (C=O) groups excluding carboxylic acids is 1. The summed E-state index contributed by atoms with van der Waals surface area (Å²) in [6.07, 6.45) is 2.85. The third-order valence-electron chi connectivity index (χ3n) is 6.24. The third-order valence-corrected chi connectivity index (χ3v) is 7.62. The minimum absolute atomic E-state index is 0.0509. The highest BCUT2D eigenvalue weighted by atomic mass is 32.2. The molecule has 8 nitrogen and oxygen atoms in total. The van der Waals surface area contributed by atoms with Gasteiger partial charge in [0.15, 0.2) is 5.82 Å². The van der Waals surface area contributed by atoms with E-state index >= 15 is 4.39 Å². The predicted octanol–water partition coefficient (Wildman–Crippen LogP) is 1.32. The van der Waals surface area contributed by atoms with Crippen molar-refractivity contribution in [2.24, 2.45) is 17.8 Å². The molecule has 1 atom stereocenters. The quantitative estimate of drug-likeness (QED) is 0.546. The van der Waals surface area contributed by atoms with Crippen molar-refractivity contribution < 1.29 is 22.7 Å². The Kier molecular flexibility index (Phi) is 5.10. The molecule has 2 heterocycles. The smallest absolute Gasteiger partial charge is 0.326 e. The molecule has 29 heavy (non-hydrogen) atoms. The molecule has 2 fully saturated rings. The summed E-state index contributed by atoms with van der Waals surface area (Å²) in [7, 11) is -4.20. The predicted molar refractivity (Wildman–Crippen MR) is 108 cm³/mol. The van der Waals surface area contributed by atoms with Gasteiger partial charge in [0.25, 0.3) is 5.91 Å². The van der Waals surface area contributed by atoms with Gasteiger partial charge in [-0.25, -0.2) is 13.4 Å². The number of benzene rings is 1. The van der Waals surface area contributed by atoms with Crippen LogP contribution in [-0.2, 0) is 21.4 Å². The number of carbonyl (C=O) groups is 1. The molecule has 4 N–H and O–H groups in total. The molecule has 2 aliphatic heterocycles. The van der Waals surface area contributed by atoms with Crippen molar-refractivity contribution in [3.8, 4) is 5.75 Å². The van der Waals surface area contributed by atoms with Crippen LogP contribution in [0.25, 0.3) is 0 Å². The average Bonchev–Trinajstić information content (AvgIpc) is 3.09. The fraction of sp³-hybridized carbons (Fsp3) is 0.632. The van der Waals surface area contributed by atoms with E-state index in [4.69, 9.17) is 0 Å². The number of nitrogens with one attached hydrogen (secondary N) is 3. The number of amides is 1. The first kappa shape index (κ1) is 20.2. The van der Waals surface area contributed by atoms with Crippen molar-refractivity contribution >= 4 is 27.5 Å². The normalized spacial score (nSPS) is 27.5. The maximum absolute atomic E-state index is 15.1. The number of halogens is 1. The zero-order valence-electron chi connectivity index (χ0n) is 16.5. The van der Waals surface area contributed by atoms with E-state index in [-0.39, 0.29) is 6.04 Å². The topological polar surface area (TPSA) is 111 Å². The Bertz CT molecular complexity index is 931. The largest absolute Gasteiger partial charge is 0.506 e. The summed E-state index contributed by atoms with van der Waals surface area (Å²) in [5, 5.41) is 16.9. The summed E-state index contributed by atoms with van der Waals surface area (Å²) in [5.41, 5.74) is 0.296. The van der Waals surface area contributed by atoms with E-state index in [1.54, 1.807) is 4.72 Å². The molecule has 160 valence electrons. The van der Waals surface area contributed by atoms with Gasteiger partial charge in [-0.15, -0.1) is 0 Å².